The van der Waals surface area contributed by atoms with E-state index in [-0.39, 0.29) is 11.9 Å². The van der Waals surface area contributed by atoms with Gasteiger partial charge in [0.25, 0.3) is 0 Å². The number of nitrogens with one attached hydrogen (secondary N) is 1. The fraction of sp³-hybridized carbons (Fsp3) is 0.455. The van der Waals surface area contributed by atoms with Crippen LogP contribution in [0.4, 0.5) is 5.82 Å². The number of halogens is 1. The SMILES string of the molecule is CC(=O)NC1CCN(c2ncccc2Br)C1. The first kappa shape index (κ1) is 11.4. The predicted molar refractivity (Wildman–Crippen MR) is 66.4 cm³/mol. The van der Waals surface area contributed by atoms with E-state index in [1.54, 1.807) is 13.1 Å². The number of amides is 1. The van der Waals surface area contributed by atoms with Crippen molar-refractivity contribution in [2.24, 2.45) is 0 Å². The molecule has 1 unspecified atom stereocenters. The third-order valence-corrected chi connectivity index (χ3v) is 3.25. The largest absolute Gasteiger partial charge is 0.354 e. The zero-order valence-electron chi connectivity index (χ0n) is 9.11. The maximum atomic E-state index is 11.0. The highest BCUT2D eigenvalue weighted by Crippen LogP contribution is 2.26. The van der Waals surface area contributed by atoms with E-state index in [1.165, 1.54) is 0 Å². The zero-order valence-corrected chi connectivity index (χ0v) is 10.7. The summed E-state index contributed by atoms with van der Waals surface area (Å²) in [5.41, 5.74) is 0. The summed E-state index contributed by atoms with van der Waals surface area (Å²) in [5.74, 6) is 0.988. The molecule has 1 aliphatic heterocycles. The van der Waals surface area contributed by atoms with Crippen molar-refractivity contribution in [1.82, 2.24) is 10.3 Å². The average Bonchev–Trinajstić information content (AvgIpc) is 2.66. The van der Waals surface area contributed by atoms with Crippen LogP contribution in [-0.2, 0) is 4.79 Å². The number of carbonyl (C=O) groups excluding carboxylic acids is 1. The Morgan fingerprint density at radius 3 is 3.19 bits per heavy atom. The van der Waals surface area contributed by atoms with E-state index in [0.29, 0.717) is 0 Å². The van der Waals surface area contributed by atoms with Crippen LogP contribution in [0.3, 0.4) is 0 Å². The van der Waals surface area contributed by atoms with Gasteiger partial charge in [-0.25, -0.2) is 4.98 Å². The smallest absolute Gasteiger partial charge is 0.217 e. The van der Waals surface area contributed by atoms with Gasteiger partial charge in [-0.3, -0.25) is 4.79 Å². The Morgan fingerprint density at radius 2 is 2.50 bits per heavy atom. The molecule has 0 spiro atoms. The molecular weight excluding hydrogens is 270 g/mol. The lowest BCUT2D eigenvalue weighted by Gasteiger charge is -2.18. The Hall–Kier alpha value is -1.10. The lowest BCUT2D eigenvalue weighted by molar-refractivity contribution is -0.119. The quantitative estimate of drug-likeness (QED) is 0.896. The molecule has 0 saturated carbocycles. The fourth-order valence-corrected chi connectivity index (χ4v) is 2.47. The van der Waals surface area contributed by atoms with Crippen molar-refractivity contribution in [3.05, 3.63) is 22.8 Å². The number of nitrogens with zero attached hydrogens (tertiary/aromatic N) is 2. The highest BCUT2D eigenvalue weighted by molar-refractivity contribution is 9.10. The molecule has 0 bridgehead atoms. The average molecular weight is 284 g/mol. The lowest BCUT2D eigenvalue weighted by Crippen LogP contribution is -2.35. The van der Waals surface area contributed by atoms with E-state index in [0.717, 1.165) is 29.8 Å². The number of anilines is 1. The minimum atomic E-state index is 0.0342. The van der Waals surface area contributed by atoms with Gasteiger partial charge in [-0.2, -0.15) is 0 Å². The van der Waals surface area contributed by atoms with Gasteiger partial charge in [-0.1, -0.05) is 0 Å². The van der Waals surface area contributed by atoms with Gasteiger partial charge < -0.3 is 10.2 Å². The van der Waals surface area contributed by atoms with Gasteiger partial charge in [0.15, 0.2) is 0 Å². The fourth-order valence-electron chi connectivity index (χ4n) is 1.97. The van der Waals surface area contributed by atoms with Crippen LogP contribution in [0.1, 0.15) is 13.3 Å². The van der Waals surface area contributed by atoms with Crippen LogP contribution in [0.15, 0.2) is 22.8 Å². The van der Waals surface area contributed by atoms with Gasteiger partial charge in [-0.15, -0.1) is 0 Å². The van der Waals surface area contributed by atoms with E-state index in [9.17, 15) is 4.79 Å². The number of aromatic nitrogens is 1. The van der Waals surface area contributed by atoms with E-state index in [4.69, 9.17) is 0 Å². The second kappa shape index (κ2) is 4.82. The van der Waals surface area contributed by atoms with Gasteiger partial charge >= 0.3 is 0 Å². The molecule has 2 rings (SSSR count). The number of hydrogen-bond acceptors (Lipinski definition) is 3. The maximum absolute atomic E-state index is 11.0. The molecule has 0 radical (unpaired) electrons. The molecule has 1 aromatic heterocycles. The third kappa shape index (κ3) is 2.52. The van der Waals surface area contributed by atoms with Gasteiger partial charge in [0.05, 0.1) is 4.47 Å². The summed E-state index contributed by atoms with van der Waals surface area (Å²) in [4.78, 5) is 17.5. The molecule has 1 amide bonds. The first-order valence-corrected chi connectivity index (χ1v) is 6.08. The molecule has 1 atom stereocenters. The highest BCUT2D eigenvalue weighted by atomic mass is 79.9. The van der Waals surface area contributed by atoms with Crippen LogP contribution < -0.4 is 10.2 Å². The summed E-state index contributed by atoms with van der Waals surface area (Å²) in [6.45, 7) is 3.31. The topological polar surface area (TPSA) is 45.2 Å². The number of rotatable bonds is 2. The Bertz CT molecular complexity index is 397. The molecule has 0 aromatic carbocycles. The van der Waals surface area contributed by atoms with Crippen molar-refractivity contribution in [3.63, 3.8) is 0 Å². The standard InChI is InChI=1S/C11H14BrN3O/c1-8(16)14-9-4-6-15(7-9)11-10(12)3-2-5-13-11/h2-3,5,9H,4,6-7H2,1H3,(H,14,16). The Kier molecular flexibility index (Phi) is 3.43. The number of hydrogen-bond donors (Lipinski definition) is 1. The number of pyridine rings is 1. The number of carbonyl (C=O) groups is 1. The normalized spacial score (nSPS) is 19.9. The molecular formula is C11H14BrN3O. The molecule has 4 nitrogen and oxygen atoms in total. The first-order chi connectivity index (χ1) is 7.66. The first-order valence-electron chi connectivity index (χ1n) is 5.29. The molecule has 5 heteroatoms. The summed E-state index contributed by atoms with van der Waals surface area (Å²) in [6.07, 6.45) is 2.76. The Labute approximate surface area is 103 Å². The molecule has 2 heterocycles. The van der Waals surface area contributed by atoms with Crippen molar-refractivity contribution in [2.45, 2.75) is 19.4 Å². The summed E-state index contributed by atoms with van der Waals surface area (Å²) in [6, 6.07) is 4.12. The lowest BCUT2D eigenvalue weighted by atomic mass is 10.3. The van der Waals surface area contributed by atoms with Crippen molar-refractivity contribution < 1.29 is 4.79 Å². The zero-order chi connectivity index (χ0) is 11.5. The van der Waals surface area contributed by atoms with E-state index in [1.807, 2.05) is 12.1 Å². The molecule has 86 valence electrons. The summed E-state index contributed by atoms with van der Waals surface area (Å²) in [5, 5.41) is 2.94. The van der Waals surface area contributed by atoms with Gasteiger partial charge in [-0.05, 0) is 34.5 Å². The summed E-state index contributed by atoms with van der Waals surface area (Å²) in [7, 11) is 0. The molecule has 1 saturated heterocycles. The van der Waals surface area contributed by atoms with Crippen LogP contribution in [0.2, 0.25) is 0 Å². The molecule has 0 aliphatic carbocycles. The van der Waals surface area contributed by atoms with Crippen LogP contribution in [0, 0.1) is 0 Å². The minimum Gasteiger partial charge on any atom is -0.354 e. The Morgan fingerprint density at radius 1 is 1.69 bits per heavy atom. The van der Waals surface area contributed by atoms with Crippen molar-refractivity contribution in [1.29, 1.82) is 0 Å². The summed E-state index contributed by atoms with van der Waals surface area (Å²) >= 11 is 3.49. The molecule has 1 fully saturated rings. The van der Waals surface area contributed by atoms with Crippen LogP contribution in [0.25, 0.3) is 0 Å². The van der Waals surface area contributed by atoms with Gasteiger partial charge in [0.2, 0.25) is 5.91 Å². The second-order valence-corrected chi connectivity index (χ2v) is 4.80. The van der Waals surface area contributed by atoms with Crippen LogP contribution in [0.5, 0.6) is 0 Å². The Balaban J connectivity index is 2.04. The summed E-state index contributed by atoms with van der Waals surface area (Å²) < 4.78 is 0.999. The van der Waals surface area contributed by atoms with E-state index in [2.05, 4.69) is 31.1 Å². The van der Waals surface area contributed by atoms with Crippen molar-refractivity contribution in [3.8, 4) is 0 Å². The maximum Gasteiger partial charge on any atom is 0.217 e. The van der Waals surface area contributed by atoms with Crippen LogP contribution in [-0.4, -0.2) is 30.0 Å². The van der Waals surface area contributed by atoms with Gasteiger partial charge in [0.1, 0.15) is 5.82 Å². The van der Waals surface area contributed by atoms with E-state index < -0.39 is 0 Å². The molecule has 16 heavy (non-hydrogen) atoms. The monoisotopic (exact) mass is 283 g/mol. The van der Waals surface area contributed by atoms with Crippen LogP contribution >= 0.6 is 15.9 Å². The van der Waals surface area contributed by atoms with E-state index >= 15 is 0 Å². The molecule has 1 aliphatic rings. The minimum absolute atomic E-state index is 0.0342. The van der Waals surface area contributed by atoms with Crippen molar-refractivity contribution in [2.75, 3.05) is 18.0 Å². The second-order valence-electron chi connectivity index (χ2n) is 3.94. The predicted octanol–water partition coefficient (Wildman–Crippen LogP) is 1.56. The highest BCUT2D eigenvalue weighted by Gasteiger charge is 2.24. The van der Waals surface area contributed by atoms with Gasteiger partial charge in [0, 0.05) is 32.3 Å². The third-order valence-electron chi connectivity index (χ3n) is 2.63. The molecule has 1 N–H and O–H groups in total. The van der Waals surface area contributed by atoms with Crippen molar-refractivity contribution >= 4 is 27.7 Å². The molecule has 1 aromatic rings.